The summed E-state index contributed by atoms with van der Waals surface area (Å²) in [5.74, 6) is 3.54. The molecule has 3 aliphatic rings. The highest BCUT2D eigenvalue weighted by atomic mass is 16.1. The first-order chi connectivity index (χ1) is 11.8. The smallest absolute Gasteiger partial charge is 0.226 e. The van der Waals surface area contributed by atoms with Crippen molar-refractivity contribution in [1.29, 1.82) is 0 Å². The largest absolute Gasteiger partial charge is 0.352 e. The fourth-order valence-electron chi connectivity index (χ4n) is 5.34. The number of hydrogen-bond acceptors (Lipinski definition) is 2. The Morgan fingerprint density at radius 1 is 1.17 bits per heavy atom. The number of hydrogen-bond donors (Lipinski definition) is 1. The van der Waals surface area contributed by atoms with Crippen LogP contribution in [-0.2, 0) is 17.8 Å². The van der Waals surface area contributed by atoms with E-state index in [2.05, 4.69) is 27.0 Å². The van der Waals surface area contributed by atoms with Crippen LogP contribution in [0.2, 0.25) is 0 Å². The molecule has 124 valence electrons. The number of nitrogens with zero attached hydrogens (tertiary/aromatic N) is 2. The molecule has 1 aromatic heterocycles. The number of nitrogens with one attached hydrogen (secondary N) is 1. The highest BCUT2D eigenvalue weighted by Crippen LogP contribution is 2.65. The second-order valence-corrected chi connectivity index (χ2v) is 7.76. The van der Waals surface area contributed by atoms with Crippen LogP contribution in [-0.4, -0.2) is 21.5 Å². The van der Waals surface area contributed by atoms with Crippen LogP contribution in [0.1, 0.15) is 30.5 Å². The third kappa shape index (κ3) is 2.36. The van der Waals surface area contributed by atoms with Gasteiger partial charge in [0, 0.05) is 24.5 Å². The Morgan fingerprint density at radius 2 is 1.92 bits per heavy atom. The van der Waals surface area contributed by atoms with Crippen LogP contribution in [0.15, 0.2) is 42.9 Å². The van der Waals surface area contributed by atoms with Crippen molar-refractivity contribution < 1.29 is 4.79 Å². The predicted molar refractivity (Wildman–Crippen MR) is 91.2 cm³/mol. The third-order valence-electron chi connectivity index (χ3n) is 6.40. The van der Waals surface area contributed by atoms with Crippen LogP contribution in [0.25, 0.3) is 0 Å². The molecule has 4 atom stereocenters. The first-order valence-corrected chi connectivity index (χ1v) is 9.12. The molecule has 3 aliphatic carbocycles. The number of aromatic nitrogens is 2. The SMILES string of the molecule is O=C(Cc1cncn1Cc1ccccc1)NC1[C@H]2[C@H]3CC[C@@H](C3)[C@H]12. The second-order valence-electron chi connectivity index (χ2n) is 7.76. The summed E-state index contributed by atoms with van der Waals surface area (Å²) in [6, 6.07) is 10.8. The molecule has 1 N–H and O–H groups in total. The maximum atomic E-state index is 12.5. The van der Waals surface area contributed by atoms with Gasteiger partial charge >= 0.3 is 0 Å². The topological polar surface area (TPSA) is 46.9 Å². The molecule has 24 heavy (non-hydrogen) atoms. The summed E-state index contributed by atoms with van der Waals surface area (Å²) in [5, 5.41) is 3.31. The maximum Gasteiger partial charge on any atom is 0.226 e. The van der Waals surface area contributed by atoms with Crippen LogP contribution in [0, 0.1) is 23.7 Å². The Bertz CT molecular complexity index is 737. The summed E-state index contributed by atoms with van der Waals surface area (Å²) < 4.78 is 2.08. The number of benzene rings is 1. The normalized spacial score (nSPS) is 32.6. The summed E-state index contributed by atoms with van der Waals surface area (Å²) in [6.07, 6.45) is 8.27. The van der Waals surface area contributed by atoms with Crippen molar-refractivity contribution in [2.24, 2.45) is 23.7 Å². The van der Waals surface area contributed by atoms with Gasteiger partial charge in [0.15, 0.2) is 0 Å². The van der Waals surface area contributed by atoms with Crippen molar-refractivity contribution >= 4 is 5.91 Å². The Hall–Kier alpha value is -2.10. The highest BCUT2D eigenvalue weighted by Gasteiger charge is 2.65. The summed E-state index contributed by atoms with van der Waals surface area (Å²) in [4.78, 5) is 16.7. The van der Waals surface area contributed by atoms with E-state index in [9.17, 15) is 4.79 Å². The summed E-state index contributed by atoms with van der Waals surface area (Å²) in [6.45, 7) is 0.766. The lowest BCUT2D eigenvalue weighted by molar-refractivity contribution is -0.120. The lowest BCUT2D eigenvalue weighted by Gasteiger charge is -2.12. The zero-order valence-electron chi connectivity index (χ0n) is 13.8. The predicted octanol–water partition coefficient (Wildman–Crippen LogP) is 2.63. The lowest BCUT2D eigenvalue weighted by Crippen LogP contribution is -2.31. The molecule has 0 aliphatic heterocycles. The van der Waals surface area contributed by atoms with E-state index >= 15 is 0 Å². The molecular formula is C20H23N3O. The van der Waals surface area contributed by atoms with E-state index in [1.54, 1.807) is 0 Å². The lowest BCUT2D eigenvalue weighted by atomic mass is 10.0. The molecule has 5 rings (SSSR count). The van der Waals surface area contributed by atoms with Gasteiger partial charge in [0.2, 0.25) is 5.91 Å². The Morgan fingerprint density at radius 3 is 2.67 bits per heavy atom. The van der Waals surface area contributed by atoms with Gasteiger partial charge < -0.3 is 9.88 Å². The third-order valence-corrected chi connectivity index (χ3v) is 6.40. The van der Waals surface area contributed by atoms with E-state index in [0.717, 1.165) is 35.9 Å². The molecule has 1 amide bonds. The number of carbonyl (C=O) groups is 1. The monoisotopic (exact) mass is 321 g/mol. The molecule has 4 heteroatoms. The number of fused-ring (bicyclic) bond motifs is 5. The molecule has 2 aromatic rings. The van der Waals surface area contributed by atoms with E-state index in [1.165, 1.54) is 24.8 Å². The van der Waals surface area contributed by atoms with Crippen molar-refractivity contribution in [3.8, 4) is 0 Å². The fourth-order valence-corrected chi connectivity index (χ4v) is 5.34. The van der Waals surface area contributed by atoms with Crippen LogP contribution in [0.3, 0.4) is 0 Å². The second kappa shape index (κ2) is 5.47. The minimum atomic E-state index is 0.156. The van der Waals surface area contributed by atoms with E-state index in [0.29, 0.717) is 12.5 Å². The number of carbonyl (C=O) groups excluding carboxylic acids is 1. The van der Waals surface area contributed by atoms with Gasteiger partial charge in [-0.25, -0.2) is 4.98 Å². The standard InChI is InChI=1S/C20H23N3O/c24-17(22-20-18-14-6-7-15(8-14)19(18)20)9-16-10-21-12-23(16)11-13-4-2-1-3-5-13/h1-5,10,12,14-15,18-20H,6-9,11H2,(H,22,24)/t14-,15-,18-,19-/m0/s1. The number of imidazole rings is 1. The molecule has 4 nitrogen and oxygen atoms in total. The van der Waals surface area contributed by atoms with Gasteiger partial charge in [-0.2, -0.15) is 0 Å². The molecule has 1 heterocycles. The summed E-state index contributed by atoms with van der Waals surface area (Å²) >= 11 is 0. The summed E-state index contributed by atoms with van der Waals surface area (Å²) in [7, 11) is 0. The average Bonchev–Trinajstić information content (AvgIpc) is 2.98. The minimum absolute atomic E-state index is 0.156. The average molecular weight is 321 g/mol. The van der Waals surface area contributed by atoms with Crippen LogP contribution < -0.4 is 5.32 Å². The van der Waals surface area contributed by atoms with Gasteiger partial charge in [-0.3, -0.25) is 4.79 Å². The van der Waals surface area contributed by atoms with E-state index in [4.69, 9.17) is 0 Å². The highest BCUT2D eigenvalue weighted by molar-refractivity contribution is 5.79. The molecule has 0 saturated heterocycles. The minimum Gasteiger partial charge on any atom is -0.352 e. The number of amides is 1. The van der Waals surface area contributed by atoms with Crippen molar-refractivity contribution in [2.45, 2.75) is 38.3 Å². The zero-order chi connectivity index (χ0) is 16.1. The molecule has 1 aromatic carbocycles. The van der Waals surface area contributed by atoms with E-state index in [-0.39, 0.29) is 5.91 Å². The van der Waals surface area contributed by atoms with Gasteiger partial charge in [0.05, 0.1) is 12.7 Å². The van der Waals surface area contributed by atoms with Crippen molar-refractivity contribution in [1.82, 2.24) is 14.9 Å². The first-order valence-electron chi connectivity index (χ1n) is 9.12. The molecule has 0 spiro atoms. The van der Waals surface area contributed by atoms with Crippen LogP contribution in [0.4, 0.5) is 0 Å². The Balaban J connectivity index is 1.21. The summed E-state index contributed by atoms with van der Waals surface area (Å²) in [5.41, 5.74) is 2.22. The number of rotatable bonds is 5. The maximum absolute atomic E-state index is 12.5. The van der Waals surface area contributed by atoms with Crippen molar-refractivity contribution in [3.63, 3.8) is 0 Å². The Kier molecular flexibility index (Phi) is 3.25. The first kappa shape index (κ1) is 14.3. The quantitative estimate of drug-likeness (QED) is 0.920. The van der Waals surface area contributed by atoms with Crippen LogP contribution >= 0.6 is 0 Å². The molecule has 3 fully saturated rings. The van der Waals surface area contributed by atoms with Gasteiger partial charge in [-0.05, 0) is 48.5 Å². The molecule has 0 radical (unpaired) electrons. The van der Waals surface area contributed by atoms with Gasteiger partial charge in [-0.1, -0.05) is 30.3 Å². The molecule has 2 bridgehead atoms. The van der Waals surface area contributed by atoms with Gasteiger partial charge in [-0.15, -0.1) is 0 Å². The van der Waals surface area contributed by atoms with Crippen LogP contribution in [0.5, 0.6) is 0 Å². The Labute approximate surface area is 142 Å². The fraction of sp³-hybridized carbons (Fsp3) is 0.500. The van der Waals surface area contributed by atoms with E-state index in [1.807, 2.05) is 30.7 Å². The molecule has 0 unspecified atom stereocenters. The van der Waals surface area contributed by atoms with Crippen molar-refractivity contribution in [2.75, 3.05) is 0 Å². The molecular weight excluding hydrogens is 298 g/mol. The zero-order valence-corrected chi connectivity index (χ0v) is 13.8. The van der Waals surface area contributed by atoms with Gasteiger partial charge in [0.1, 0.15) is 0 Å². The van der Waals surface area contributed by atoms with E-state index < -0.39 is 0 Å². The molecule has 3 saturated carbocycles. The van der Waals surface area contributed by atoms with Gasteiger partial charge in [0.25, 0.3) is 0 Å². The van der Waals surface area contributed by atoms with Crippen molar-refractivity contribution in [3.05, 3.63) is 54.1 Å².